The lowest BCUT2D eigenvalue weighted by molar-refractivity contribution is -0.384. The first-order valence-electron chi connectivity index (χ1n) is 6.13. The molecule has 0 aliphatic carbocycles. The number of rotatable bonds is 5. The SMILES string of the molecule is Cc1c(CNc2ccc([N+](=O)[O-])cc2C(=O)O)cnn1C. The highest BCUT2D eigenvalue weighted by Crippen LogP contribution is 2.23. The molecule has 0 amide bonds. The van der Waals surface area contributed by atoms with Crippen molar-refractivity contribution in [1.29, 1.82) is 0 Å². The lowest BCUT2D eigenvalue weighted by Crippen LogP contribution is -2.07. The normalized spacial score (nSPS) is 10.4. The maximum atomic E-state index is 11.2. The predicted octanol–water partition coefficient (Wildman–Crippen LogP) is 1.95. The molecule has 8 heteroatoms. The Hall–Kier alpha value is -2.90. The van der Waals surface area contributed by atoms with Crippen molar-refractivity contribution in [3.63, 3.8) is 0 Å². The van der Waals surface area contributed by atoms with E-state index in [2.05, 4.69) is 10.4 Å². The van der Waals surface area contributed by atoms with E-state index in [9.17, 15) is 14.9 Å². The van der Waals surface area contributed by atoms with Crippen LogP contribution in [0, 0.1) is 17.0 Å². The lowest BCUT2D eigenvalue weighted by Gasteiger charge is -2.09. The fourth-order valence-corrected chi connectivity index (χ4v) is 1.89. The van der Waals surface area contributed by atoms with Crippen LogP contribution in [0.1, 0.15) is 21.6 Å². The Balaban J connectivity index is 2.25. The van der Waals surface area contributed by atoms with Crippen molar-refractivity contribution in [2.45, 2.75) is 13.5 Å². The number of carboxylic acids is 1. The largest absolute Gasteiger partial charge is 0.478 e. The van der Waals surface area contributed by atoms with Crippen LogP contribution in [0.4, 0.5) is 11.4 Å². The van der Waals surface area contributed by atoms with Crippen LogP contribution >= 0.6 is 0 Å². The van der Waals surface area contributed by atoms with E-state index >= 15 is 0 Å². The Kier molecular flexibility index (Phi) is 3.88. The number of aryl methyl sites for hydroxylation is 1. The third-order valence-corrected chi connectivity index (χ3v) is 3.25. The zero-order chi connectivity index (χ0) is 15.6. The van der Waals surface area contributed by atoms with Crippen LogP contribution in [0.5, 0.6) is 0 Å². The first kappa shape index (κ1) is 14.5. The smallest absolute Gasteiger partial charge is 0.338 e. The summed E-state index contributed by atoms with van der Waals surface area (Å²) in [7, 11) is 1.81. The van der Waals surface area contributed by atoms with Crippen LogP contribution in [0.15, 0.2) is 24.4 Å². The Bertz CT molecular complexity index is 708. The summed E-state index contributed by atoms with van der Waals surface area (Å²) in [5, 5.41) is 26.9. The maximum absolute atomic E-state index is 11.2. The van der Waals surface area contributed by atoms with Gasteiger partial charge < -0.3 is 10.4 Å². The number of nitrogens with zero attached hydrogens (tertiary/aromatic N) is 3. The molecule has 8 nitrogen and oxygen atoms in total. The molecule has 0 atom stereocenters. The van der Waals surface area contributed by atoms with Crippen molar-refractivity contribution in [3.05, 3.63) is 51.3 Å². The van der Waals surface area contributed by atoms with Gasteiger partial charge in [-0.3, -0.25) is 14.8 Å². The Morgan fingerprint density at radius 2 is 2.24 bits per heavy atom. The Morgan fingerprint density at radius 1 is 1.52 bits per heavy atom. The third-order valence-electron chi connectivity index (χ3n) is 3.25. The van der Waals surface area contributed by atoms with Crippen LogP contribution in [0.3, 0.4) is 0 Å². The molecule has 2 N–H and O–H groups in total. The molecule has 2 aromatic rings. The number of carboxylic acid groups (broad SMARTS) is 1. The fraction of sp³-hybridized carbons (Fsp3) is 0.231. The summed E-state index contributed by atoms with van der Waals surface area (Å²) in [4.78, 5) is 21.3. The van der Waals surface area contributed by atoms with Gasteiger partial charge in [-0.15, -0.1) is 0 Å². The van der Waals surface area contributed by atoms with Crippen molar-refractivity contribution in [2.75, 3.05) is 5.32 Å². The summed E-state index contributed by atoms with van der Waals surface area (Å²) in [5.41, 5.74) is 1.83. The number of aromatic carboxylic acids is 1. The van der Waals surface area contributed by atoms with E-state index in [0.29, 0.717) is 12.2 Å². The van der Waals surface area contributed by atoms with Gasteiger partial charge in [0.15, 0.2) is 0 Å². The van der Waals surface area contributed by atoms with Gasteiger partial charge in [0.05, 0.1) is 16.7 Å². The first-order valence-corrected chi connectivity index (χ1v) is 6.13. The van der Waals surface area contributed by atoms with Gasteiger partial charge in [-0.2, -0.15) is 5.10 Å². The number of hydrogen-bond acceptors (Lipinski definition) is 5. The van der Waals surface area contributed by atoms with Gasteiger partial charge in [0.25, 0.3) is 5.69 Å². The molecule has 0 radical (unpaired) electrons. The standard InChI is InChI=1S/C13H14N4O4/c1-8-9(7-15-16(8)2)6-14-12-4-3-10(17(20)21)5-11(12)13(18)19/h3-5,7,14H,6H2,1-2H3,(H,18,19). The van der Waals surface area contributed by atoms with Crippen molar-refractivity contribution < 1.29 is 14.8 Å². The molecule has 21 heavy (non-hydrogen) atoms. The second-order valence-electron chi connectivity index (χ2n) is 4.52. The van der Waals surface area contributed by atoms with Crippen LogP contribution in [0.2, 0.25) is 0 Å². The maximum Gasteiger partial charge on any atom is 0.338 e. The van der Waals surface area contributed by atoms with Crippen LogP contribution in [0.25, 0.3) is 0 Å². The van der Waals surface area contributed by atoms with Crippen LogP contribution in [-0.4, -0.2) is 25.8 Å². The molecule has 0 spiro atoms. The summed E-state index contributed by atoms with van der Waals surface area (Å²) in [6, 6.07) is 3.71. The number of benzene rings is 1. The number of aromatic nitrogens is 2. The van der Waals surface area contributed by atoms with Gasteiger partial charge in [-0.1, -0.05) is 0 Å². The Morgan fingerprint density at radius 3 is 2.76 bits per heavy atom. The average molecular weight is 290 g/mol. The minimum Gasteiger partial charge on any atom is -0.478 e. The molecule has 0 saturated heterocycles. The summed E-state index contributed by atoms with van der Waals surface area (Å²) in [5.74, 6) is -1.22. The monoisotopic (exact) mass is 290 g/mol. The Labute approximate surface area is 120 Å². The van der Waals surface area contributed by atoms with Gasteiger partial charge >= 0.3 is 5.97 Å². The molecule has 110 valence electrons. The minimum atomic E-state index is -1.22. The van der Waals surface area contributed by atoms with Crippen LogP contribution < -0.4 is 5.32 Å². The zero-order valence-corrected chi connectivity index (χ0v) is 11.5. The topological polar surface area (TPSA) is 110 Å². The van der Waals surface area contributed by atoms with Crippen LogP contribution in [-0.2, 0) is 13.6 Å². The van der Waals surface area contributed by atoms with Crippen molar-refractivity contribution in [2.24, 2.45) is 7.05 Å². The third kappa shape index (κ3) is 2.99. The molecular weight excluding hydrogens is 276 g/mol. The number of nitrogens with one attached hydrogen (secondary N) is 1. The van der Waals surface area contributed by atoms with Crippen molar-refractivity contribution in [1.82, 2.24) is 9.78 Å². The highest BCUT2D eigenvalue weighted by molar-refractivity contribution is 5.95. The van der Waals surface area contributed by atoms with E-state index in [1.54, 1.807) is 10.9 Å². The molecule has 0 aliphatic rings. The van der Waals surface area contributed by atoms with E-state index < -0.39 is 10.9 Å². The second kappa shape index (κ2) is 5.61. The minimum absolute atomic E-state index is 0.134. The average Bonchev–Trinajstić information content (AvgIpc) is 2.76. The molecular formula is C13H14N4O4. The molecule has 1 aromatic heterocycles. The lowest BCUT2D eigenvalue weighted by atomic mass is 10.1. The predicted molar refractivity (Wildman–Crippen MR) is 75.3 cm³/mol. The molecule has 1 heterocycles. The highest BCUT2D eigenvalue weighted by Gasteiger charge is 2.16. The van der Waals surface area contributed by atoms with E-state index in [-0.39, 0.29) is 11.3 Å². The number of nitro groups is 1. The number of hydrogen-bond donors (Lipinski definition) is 2. The van der Waals surface area contributed by atoms with E-state index in [0.717, 1.165) is 17.3 Å². The summed E-state index contributed by atoms with van der Waals surface area (Å²) in [6.45, 7) is 2.29. The number of nitro benzene ring substituents is 1. The van der Waals surface area contributed by atoms with Crippen molar-refractivity contribution in [3.8, 4) is 0 Å². The van der Waals surface area contributed by atoms with Gasteiger partial charge in [0.2, 0.25) is 0 Å². The summed E-state index contributed by atoms with van der Waals surface area (Å²) < 4.78 is 1.71. The molecule has 0 unspecified atom stereocenters. The molecule has 0 saturated carbocycles. The van der Waals surface area contributed by atoms with Gasteiger partial charge in [0.1, 0.15) is 0 Å². The van der Waals surface area contributed by atoms with Gasteiger partial charge in [-0.05, 0) is 13.0 Å². The van der Waals surface area contributed by atoms with Crippen molar-refractivity contribution >= 4 is 17.3 Å². The number of anilines is 1. The number of non-ortho nitro benzene ring substituents is 1. The highest BCUT2D eigenvalue weighted by atomic mass is 16.6. The van der Waals surface area contributed by atoms with E-state index in [4.69, 9.17) is 5.11 Å². The first-order chi connectivity index (χ1) is 9.90. The van der Waals surface area contributed by atoms with E-state index in [1.165, 1.54) is 12.1 Å². The molecule has 0 bridgehead atoms. The van der Waals surface area contributed by atoms with Gasteiger partial charge in [0, 0.05) is 42.7 Å². The molecule has 0 aliphatic heterocycles. The fourth-order valence-electron chi connectivity index (χ4n) is 1.89. The zero-order valence-electron chi connectivity index (χ0n) is 11.5. The quantitative estimate of drug-likeness (QED) is 0.643. The number of carbonyl (C=O) groups is 1. The van der Waals surface area contributed by atoms with E-state index in [1.807, 2.05) is 14.0 Å². The van der Waals surface area contributed by atoms with Gasteiger partial charge in [-0.25, -0.2) is 4.79 Å². The molecule has 0 fully saturated rings. The second-order valence-corrected chi connectivity index (χ2v) is 4.52. The summed E-state index contributed by atoms with van der Waals surface area (Å²) >= 11 is 0. The molecule has 1 aromatic carbocycles. The molecule has 2 rings (SSSR count). The summed E-state index contributed by atoms with van der Waals surface area (Å²) in [6.07, 6.45) is 1.69.